The minimum absolute atomic E-state index is 0.0296. The van der Waals surface area contributed by atoms with Crippen molar-refractivity contribution < 1.29 is 4.79 Å². The molecular formula is C7H12N4OS. The normalized spacial score (nSPS) is 9.92. The lowest BCUT2D eigenvalue weighted by atomic mass is 10.2. The number of nitrogens with two attached hydrogens (primary N) is 1. The van der Waals surface area contributed by atoms with E-state index in [9.17, 15) is 4.79 Å². The predicted molar refractivity (Wildman–Crippen MR) is 52.5 cm³/mol. The van der Waals surface area contributed by atoms with Gasteiger partial charge < -0.3 is 11.1 Å². The molecule has 1 amide bonds. The highest BCUT2D eigenvalue weighted by atomic mass is 32.1. The van der Waals surface area contributed by atoms with Crippen LogP contribution in [-0.2, 0) is 4.79 Å². The Morgan fingerprint density at radius 1 is 1.62 bits per heavy atom. The van der Waals surface area contributed by atoms with Gasteiger partial charge in [0.05, 0.1) is 0 Å². The number of amides is 1. The van der Waals surface area contributed by atoms with E-state index in [1.165, 1.54) is 11.3 Å². The zero-order valence-electron chi connectivity index (χ0n) is 7.41. The number of nitrogens with zero attached hydrogens (tertiary/aromatic N) is 2. The Labute approximate surface area is 80.4 Å². The Hall–Kier alpha value is -1.17. The average Bonchev–Trinajstić information content (AvgIpc) is 2.48. The smallest absolute Gasteiger partial charge is 0.226 e. The molecular weight excluding hydrogens is 188 g/mol. The second-order valence-corrected chi connectivity index (χ2v) is 3.61. The molecule has 6 heteroatoms. The third-order valence-electron chi connectivity index (χ3n) is 1.44. The fourth-order valence-electron chi connectivity index (χ4n) is 0.804. The van der Waals surface area contributed by atoms with Gasteiger partial charge in [-0.15, -0.1) is 10.2 Å². The lowest BCUT2D eigenvalue weighted by Gasteiger charge is -1.97. The summed E-state index contributed by atoms with van der Waals surface area (Å²) in [6.45, 7) is 2.04. The second-order valence-electron chi connectivity index (χ2n) is 2.60. The molecule has 3 N–H and O–H groups in total. The third-order valence-corrected chi connectivity index (χ3v) is 2.11. The average molecular weight is 200 g/mol. The fraction of sp³-hybridized carbons (Fsp3) is 0.571. The topological polar surface area (TPSA) is 80.9 Å². The molecule has 0 aliphatic rings. The molecule has 0 aliphatic heterocycles. The molecule has 1 aromatic rings. The molecule has 1 heterocycles. The van der Waals surface area contributed by atoms with Crippen molar-refractivity contribution in [3.05, 3.63) is 0 Å². The molecule has 0 saturated heterocycles. The zero-order valence-corrected chi connectivity index (χ0v) is 8.23. The first-order chi connectivity index (χ1) is 6.22. The van der Waals surface area contributed by atoms with Crippen LogP contribution in [0.15, 0.2) is 0 Å². The van der Waals surface area contributed by atoms with Crippen LogP contribution in [0.1, 0.15) is 26.2 Å². The van der Waals surface area contributed by atoms with E-state index < -0.39 is 0 Å². The summed E-state index contributed by atoms with van der Waals surface area (Å²) in [5.74, 6) is -0.0296. The van der Waals surface area contributed by atoms with Gasteiger partial charge in [0.2, 0.25) is 16.2 Å². The molecule has 0 unspecified atom stereocenters. The van der Waals surface area contributed by atoms with Gasteiger partial charge in [0.25, 0.3) is 0 Å². The van der Waals surface area contributed by atoms with Crippen LogP contribution in [0, 0.1) is 0 Å². The molecule has 0 radical (unpaired) electrons. The number of carbonyl (C=O) groups is 1. The molecule has 5 nitrogen and oxygen atoms in total. The summed E-state index contributed by atoms with van der Waals surface area (Å²) in [6, 6.07) is 0. The number of unbranched alkanes of at least 4 members (excludes halogenated alkanes) is 1. The van der Waals surface area contributed by atoms with Crippen LogP contribution in [0.5, 0.6) is 0 Å². The highest BCUT2D eigenvalue weighted by molar-refractivity contribution is 7.18. The minimum Gasteiger partial charge on any atom is -0.374 e. The second kappa shape index (κ2) is 4.76. The van der Waals surface area contributed by atoms with Crippen molar-refractivity contribution in [1.29, 1.82) is 0 Å². The van der Waals surface area contributed by atoms with E-state index in [-0.39, 0.29) is 5.91 Å². The van der Waals surface area contributed by atoms with E-state index in [1.54, 1.807) is 0 Å². The molecule has 13 heavy (non-hydrogen) atoms. The summed E-state index contributed by atoms with van der Waals surface area (Å²) in [4.78, 5) is 11.2. The summed E-state index contributed by atoms with van der Waals surface area (Å²) < 4.78 is 0. The first-order valence-electron chi connectivity index (χ1n) is 4.11. The molecule has 0 atom stereocenters. The monoisotopic (exact) mass is 200 g/mol. The van der Waals surface area contributed by atoms with Gasteiger partial charge in [-0.05, 0) is 6.42 Å². The van der Waals surface area contributed by atoms with Crippen molar-refractivity contribution in [3.8, 4) is 0 Å². The van der Waals surface area contributed by atoms with Gasteiger partial charge >= 0.3 is 0 Å². The van der Waals surface area contributed by atoms with Crippen molar-refractivity contribution in [2.45, 2.75) is 26.2 Å². The van der Waals surface area contributed by atoms with Crippen molar-refractivity contribution in [2.75, 3.05) is 11.1 Å². The molecule has 1 rings (SSSR count). The van der Waals surface area contributed by atoms with Gasteiger partial charge in [0, 0.05) is 6.42 Å². The Morgan fingerprint density at radius 3 is 2.92 bits per heavy atom. The standard InChI is InChI=1S/C7H12N4OS/c1-2-3-4-5(12)9-7-11-10-6(8)13-7/h2-4H2,1H3,(H2,8,10)(H,9,11,12). The number of hydrogen-bond acceptors (Lipinski definition) is 5. The predicted octanol–water partition coefficient (Wildman–Crippen LogP) is 1.25. The van der Waals surface area contributed by atoms with Crippen molar-refractivity contribution in [1.82, 2.24) is 10.2 Å². The van der Waals surface area contributed by atoms with Gasteiger partial charge in [-0.3, -0.25) is 4.79 Å². The third kappa shape index (κ3) is 3.37. The zero-order chi connectivity index (χ0) is 9.68. The van der Waals surface area contributed by atoms with E-state index in [0.717, 1.165) is 12.8 Å². The maximum absolute atomic E-state index is 11.2. The van der Waals surface area contributed by atoms with E-state index in [4.69, 9.17) is 5.73 Å². The van der Waals surface area contributed by atoms with Crippen LogP contribution in [0.2, 0.25) is 0 Å². The van der Waals surface area contributed by atoms with Crippen LogP contribution in [0.25, 0.3) is 0 Å². The number of hydrogen-bond donors (Lipinski definition) is 2. The molecule has 0 saturated carbocycles. The number of aromatic nitrogens is 2. The largest absolute Gasteiger partial charge is 0.374 e. The van der Waals surface area contributed by atoms with Crippen molar-refractivity contribution >= 4 is 27.5 Å². The number of rotatable bonds is 4. The first-order valence-corrected chi connectivity index (χ1v) is 4.93. The summed E-state index contributed by atoms with van der Waals surface area (Å²) in [5.41, 5.74) is 5.35. The molecule has 0 aliphatic carbocycles. The molecule has 0 spiro atoms. The van der Waals surface area contributed by atoms with Crippen LogP contribution >= 0.6 is 11.3 Å². The Bertz CT molecular complexity index is 286. The van der Waals surface area contributed by atoms with Crippen LogP contribution in [-0.4, -0.2) is 16.1 Å². The SMILES string of the molecule is CCCCC(=O)Nc1nnc(N)s1. The molecule has 1 aromatic heterocycles. The molecule has 0 fully saturated rings. The van der Waals surface area contributed by atoms with E-state index in [1.807, 2.05) is 6.92 Å². The van der Waals surface area contributed by atoms with Crippen molar-refractivity contribution in [2.24, 2.45) is 0 Å². The maximum Gasteiger partial charge on any atom is 0.226 e. The van der Waals surface area contributed by atoms with Crippen LogP contribution < -0.4 is 11.1 Å². The summed E-state index contributed by atoms with van der Waals surface area (Å²) in [5, 5.41) is 10.7. The highest BCUT2D eigenvalue weighted by Crippen LogP contribution is 2.16. The summed E-state index contributed by atoms with van der Waals surface area (Å²) in [6.07, 6.45) is 2.42. The van der Waals surface area contributed by atoms with Crippen molar-refractivity contribution in [3.63, 3.8) is 0 Å². The Balaban J connectivity index is 2.36. The number of nitrogen functional groups attached to an aromatic ring is 1. The molecule has 72 valence electrons. The number of carbonyl (C=O) groups excluding carboxylic acids is 1. The lowest BCUT2D eigenvalue weighted by Crippen LogP contribution is -2.10. The highest BCUT2D eigenvalue weighted by Gasteiger charge is 2.05. The van der Waals surface area contributed by atoms with E-state index in [2.05, 4.69) is 15.5 Å². The number of nitrogens with one attached hydrogen (secondary N) is 1. The molecule has 0 bridgehead atoms. The molecule has 0 aromatic carbocycles. The Morgan fingerprint density at radius 2 is 2.38 bits per heavy atom. The van der Waals surface area contributed by atoms with Crippen LogP contribution in [0.4, 0.5) is 10.3 Å². The van der Waals surface area contributed by atoms with Gasteiger partial charge in [0.15, 0.2) is 0 Å². The van der Waals surface area contributed by atoms with Gasteiger partial charge in [-0.1, -0.05) is 24.7 Å². The fourth-order valence-corrected chi connectivity index (χ4v) is 1.33. The minimum atomic E-state index is -0.0296. The number of anilines is 2. The maximum atomic E-state index is 11.2. The van der Waals surface area contributed by atoms with Gasteiger partial charge in [-0.25, -0.2) is 0 Å². The van der Waals surface area contributed by atoms with E-state index in [0.29, 0.717) is 16.7 Å². The van der Waals surface area contributed by atoms with Gasteiger partial charge in [0.1, 0.15) is 0 Å². The van der Waals surface area contributed by atoms with Crippen LogP contribution in [0.3, 0.4) is 0 Å². The van der Waals surface area contributed by atoms with E-state index >= 15 is 0 Å². The first kappa shape index (κ1) is 9.91. The summed E-state index contributed by atoms with van der Waals surface area (Å²) in [7, 11) is 0. The summed E-state index contributed by atoms with van der Waals surface area (Å²) >= 11 is 1.17. The lowest BCUT2D eigenvalue weighted by molar-refractivity contribution is -0.116. The van der Waals surface area contributed by atoms with Gasteiger partial charge in [-0.2, -0.15) is 0 Å². The Kier molecular flexibility index (Phi) is 3.63. The quantitative estimate of drug-likeness (QED) is 0.766.